The monoisotopic (exact) mass is 425 g/mol. The number of nitrogens with zero attached hydrogens (tertiary/aromatic N) is 3. The maximum absolute atomic E-state index is 5.79. The molecule has 0 bridgehead atoms. The molecule has 1 aliphatic carbocycles. The molecular formula is C23H29N4O2S+. The third kappa shape index (κ3) is 4.42. The Balaban J connectivity index is 1.58. The summed E-state index contributed by atoms with van der Waals surface area (Å²) in [4.78, 5) is 1.50. The van der Waals surface area contributed by atoms with Crippen molar-refractivity contribution in [2.24, 2.45) is 0 Å². The number of methoxy groups -OCH3 is 2. The van der Waals surface area contributed by atoms with Crippen LogP contribution in [0, 0.1) is 4.77 Å². The van der Waals surface area contributed by atoms with Crippen molar-refractivity contribution in [3.05, 3.63) is 58.9 Å². The number of quaternary nitrogens is 1. The van der Waals surface area contributed by atoms with Gasteiger partial charge in [0.05, 0.1) is 20.3 Å². The Morgan fingerprint density at radius 2 is 1.60 bits per heavy atom. The fourth-order valence-electron chi connectivity index (χ4n) is 3.80. The fraction of sp³-hybridized carbons (Fsp3) is 0.391. The van der Waals surface area contributed by atoms with E-state index < -0.39 is 0 Å². The first-order valence-corrected chi connectivity index (χ1v) is 10.8. The summed E-state index contributed by atoms with van der Waals surface area (Å²) in [5, 5.41) is 4.92. The highest BCUT2D eigenvalue weighted by molar-refractivity contribution is 7.71. The van der Waals surface area contributed by atoms with Crippen molar-refractivity contribution in [1.82, 2.24) is 14.3 Å². The number of benzene rings is 2. The molecule has 30 heavy (non-hydrogen) atoms. The van der Waals surface area contributed by atoms with E-state index in [-0.39, 0.29) is 0 Å². The highest BCUT2D eigenvalue weighted by Gasteiger charge is 2.34. The molecule has 1 saturated carbocycles. The SMILES string of the molecule is CCn1c(-c2ccc(OC)cc2)nn(C[NH+](Cc2ccc(OC)cc2)C2CC2)c1=S. The minimum absolute atomic E-state index is 0.671. The Kier molecular flexibility index (Phi) is 6.20. The van der Waals surface area contributed by atoms with Gasteiger partial charge < -0.3 is 18.9 Å². The molecule has 0 saturated heterocycles. The van der Waals surface area contributed by atoms with Gasteiger partial charge in [0.25, 0.3) is 0 Å². The molecule has 2 aromatic carbocycles. The summed E-state index contributed by atoms with van der Waals surface area (Å²) < 4.78 is 15.4. The quantitative estimate of drug-likeness (QED) is 0.534. The molecule has 7 heteroatoms. The molecule has 1 unspecified atom stereocenters. The van der Waals surface area contributed by atoms with Gasteiger partial charge in [0.1, 0.15) is 18.0 Å². The molecule has 3 aromatic rings. The lowest BCUT2D eigenvalue weighted by atomic mass is 10.2. The van der Waals surface area contributed by atoms with Crippen molar-refractivity contribution in [3.63, 3.8) is 0 Å². The van der Waals surface area contributed by atoms with E-state index in [2.05, 4.69) is 23.6 Å². The highest BCUT2D eigenvalue weighted by Crippen LogP contribution is 2.22. The molecule has 6 nitrogen and oxygen atoms in total. The lowest BCUT2D eigenvalue weighted by Gasteiger charge is -2.19. The third-order valence-electron chi connectivity index (χ3n) is 5.69. The topological polar surface area (TPSA) is 45.7 Å². The first kappa shape index (κ1) is 20.6. The molecule has 1 heterocycles. The van der Waals surface area contributed by atoms with Crippen LogP contribution in [0.5, 0.6) is 11.5 Å². The Bertz CT molecular complexity index is 1040. The van der Waals surface area contributed by atoms with E-state index in [0.29, 0.717) is 6.04 Å². The summed E-state index contributed by atoms with van der Waals surface area (Å²) in [6.45, 7) is 4.62. The van der Waals surface area contributed by atoms with Crippen molar-refractivity contribution in [3.8, 4) is 22.9 Å². The molecule has 4 rings (SSSR count). The van der Waals surface area contributed by atoms with E-state index >= 15 is 0 Å². The number of rotatable bonds is 9. The second-order valence-electron chi connectivity index (χ2n) is 7.69. The van der Waals surface area contributed by atoms with Crippen LogP contribution in [-0.2, 0) is 19.8 Å². The Hall–Kier alpha value is -2.64. The second-order valence-corrected chi connectivity index (χ2v) is 8.06. The van der Waals surface area contributed by atoms with E-state index in [1.54, 1.807) is 14.2 Å². The number of aromatic nitrogens is 3. The van der Waals surface area contributed by atoms with E-state index in [1.165, 1.54) is 23.3 Å². The largest absolute Gasteiger partial charge is 0.497 e. The standard InChI is InChI=1S/C23H28N4O2S/c1-4-26-22(18-7-13-21(29-3)14-8-18)24-27(23(26)30)16-25(19-9-10-19)15-17-5-11-20(28-2)12-6-17/h5-8,11-14,19H,4,9-10,15-16H2,1-3H3/p+1. The molecule has 1 fully saturated rings. The van der Waals surface area contributed by atoms with Gasteiger partial charge >= 0.3 is 0 Å². The summed E-state index contributed by atoms with van der Waals surface area (Å²) in [7, 11) is 3.37. The van der Waals surface area contributed by atoms with Gasteiger partial charge in [0.15, 0.2) is 12.5 Å². The fourth-order valence-corrected chi connectivity index (χ4v) is 4.12. The zero-order valence-corrected chi connectivity index (χ0v) is 18.6. The minimum atomic E-state index is 0.671. The molecular weight excluding hydrogens is 396 g/mol. The van der Waals surface area contributed by atoms with E-state index in [9.17, 15) is 0 Å². The van der Waals surface area contributed by atoms with Crippen molar-refractivity contribution in [2.45, 2.75) is 45.6 Å². The molecule has 1 N–H and O–H groups in total. The molecule has 1 aliphatic rings. The van der Waals surface area contributed by atoms with Crippen LogP contribution in [0.15, 0.2) is 48.5 Å². The first-order chi connectivity index (χ1) is 14.6. The number of ether oxygens (including phenoxy) is 2. The van der Waals surface area contributed by atoms with Gasteiger partial charge in [-0.2, -0.15) is 4.68 Å². The molecule has 0 radical (unpaired) electrons. The molecule has 0 aliphatic heterocycles. The van der Waals surface area contributed by atoms with Crippen molar-refractivity contribution in [1.29, 1.82) is 0 Å². The number of hydrogen-bond donors (Lipinski definition) is 1. The van der Waals surface area contributed by atoms with Gasteiger partial charge in [-0.05, 0) is 67.7 Å². The van der Waals surface area contributed by atoms with Crippen LogP contribution in [0.4, 0.5) is 0 Å². The minimum Gasteiger partial charge on any atom is -0.497 e. The van der Waals surface area contributed by atoms with Crippen LogP contribution in [0.25, 0.3) is 11.4 Å². The number of hydrogen-bond acceptors (Lipinski definition) is 4. The van der Waals surface area contributed by atoms with Gasteiger partial charge in [0, 0.05) is 30.5 Å². The average molecular weight is 426 g/mol. The average Bonchev–Trinajstić information content (AvgIpc) is 3.59. The van der Waals surface area contributed by atoms with Crippen LogP contribution in [0.3, 0.4) is 0 Å². The van der Waals surface area contributed by atoms with Crippen LogP contribution < -0.4 is 14.4 Å². The van der Waals surface area contributed by atoms with Crippen LogP contribution in [0.1, 0.15) is 25.3 Å². The molecule has 0 spiro atoms. The molecule has 1 atom stereocenters. The lowest BCUT2D eigenvalue weighted by molar-refractivity contribution is -0.947. The molecule has 158 valence electrons. The summed E-state index contributed by atoms with van der Waals surface area (Å²) in [5.41, 5.74) is 2.35. The highest BCUT2D eigenvalue weighted by atomic mass is 32.1. The predicted octanol–water partition coefficient (Wildman–Crippen LogP) is 3.32. The Labute approximate surface area is 182 Å². The van der Waals surface area contributed by atoms with Crippen molar-refractivity contribution in [2.75, 3.05) is 14.2 Å². The zero-order chi connectivity index (χ0) is 21.1. The Morgan fingerprint density at radius 1 is 1.00 bits per heavy atom. The summed E-state index contributed by atoms with van der Waals surface area (Å²) >= 11 is 5.79. The van der Waals surface area contributed by atoms with Gasteiger partial charge in [-0.1, -0.05) is 0 Å². The zero-order valence-electron chi connectivity index (χ0n) is 17.8. The molecule has 0 amide bonds. The predicted molar refractivity (Wildman–Crippen MR) is 119 cm³/mol. The summed E-state index contributed by atoms with van der Waals surface area (Å²) in [6.07, 6.45) is 2.53. The van der Waals surface area contributed by atoms with Crippen molar-refractivity contribution >= 4 is 12.2 Å². The van der Waals surface area contributed by atoms with Crippen LogP contribution in [0.2, 0.25) is 0 Å². The normalized spacial score (nSPS) is 14.5. The van der Waals surface area contributed by atoms with Gasteiger partial charge in [-0.15, -0.1) is 5.10 Å². The Morgan fingerprint density at radius 3 is 2.13 bits per heavy atom. The van der Waals surface area contributed by atoms with E-state index in [1.807, 2.05) is 41.1 Å². The van der Waals surface area contributed by atoms with Crippen molar-refractivity contribution < 1.29 is 14.4 Å². The summed E-state index contributed by atoms with van der Waals surface area (Å²) in [6, 6.07) is 17.0. The third-order valence-corrected chi connectivity index (χ3v) is 6.12. The van der Waals surface area contributed by atoms with Crippen LogP contribution >= 0.6 is 12.2 Å². The first-order valence-electron chi connectivity index (χ1n) is 10.4. The lowest BCUT2D eigenvalue weighted by Crippen LogP contribution is -3.11. The maximum atomic E-state index is 5.79. The van der Waals surface area contributed by atoms with Gasteiger partial charge in [-0.3, -0.25) is 0 Å². The van der Waals surface area contributed by atoms with E-state index in [0.717, 1.165) is 47.4 Å². The van der Waals surface area contributed by atoms with Gasteiger partial charge in [-0.25, -0.2) is 0 Å². The maximum Gasteiger partial charge on any atom is 0.203 e. The summed E-state index contributed by atoms with van der Waals surface area (Å²) in [5.74, 6) is 2.63. The molecule has 1 aromatic heterocycles. The van der Waals surface area contributed by atoms with Gasteiger partial charge in [0.2, 0.25) is 4.77 Å². The number of nitrogens with one attached hydrogen (secondary N) is 1. The van der Waals surface area contributed by atoms with E-state index in [4.69, 9.17) is 26.8 Å². The second kappa shape index (κ2) is 9.02. The smallest absolute Gasteiger partial charge is 0.203 e. The van der Waals surface area contributed by atoms with Crippen LogP contribution in [-0.4, -0.2) is 34.6 Å².